The van der Waals surface area contributed by atoms with Crippen LogP contribution in [0.3, 0.4) is 0 Å². The lowest BCUT2D eigenvalue weighted by Crippen LogP contribution is -2.61. The van der Waals surface area contributed by atoms with Crippen LogP contribution >= 0.6 is 0 Å². The molecule has 12 rings (SSSR count). The third-order valence-electron chi connectivity index (χ3n) is 13.7. The van der Waals surface area contributed by atoms with Gasteiger partial charge in [-0.2, -0.15) is 0 Å². The predicted molar refractivity (Wildman–Crippen MR) is 282 cm³/mol. The summed E-state index contributed by atoms with van der Waals surface area (Å²) in [7, 11) is 0. The van der Waals surface area contributed by atoms with Crippen molar-refractivity contribution in [3.05, 3.63) is 247 Å². The van der Waals surface area contributed by atoms with Crippen molar-refractivity contribution in [2.45, 2.75) is 20.8 Å². The van der Waals surface area contributed by atoms with Crippen LogP contribution in [0, 0.1) is 20.8 Å². The van der Waals surface area contributed by atoms with Crippen LogP contribution in [0.2, 0.25) is 0 Å². The van der Waals surface area contributed by atoms with E-state index in [-0.39, 0.29) is 6.71 Å². The molecule has 0 saturated carbocycles. The van der Waals surface area contributed by atoms with E-state index in [1.807, 2.05) is 0 Å². The third-order valence-corrected chi connectivity index (χ3v) is 13.7. The van der Waals surface area contributed by atoms with Crippen LogP contribution in [-0.2, 0) is 0 Å². The molecule has 0 spiro atoms. The SMILES string of the molecule is Cc1cc(C)c(-c2cc3c4c(c2)N(c2ccccc2)c2ccc(-c5ccccc5-c5ccccc5)cc2B4c2cc(-c4ccccc4-c4ccccc4)ccc2N3c2ccccc2)c(C)c1. The van der Waals surface area contributed by atoms with Gasteiger partial charge in [0.1, 0.15) is 0 Å². The normalized spacial score (nSPS) is 12.4. The summed E-state index contributed by atoms with van der Waals surface area (Å²) < 4.78 is 0. The number of para-hydroxylation sites is 2. The van der Waals surface area contributed by atoms with Crippen molar-refractivity contribution >= 4 is 57.2 Å². The Labute approximate surface area is 388 Å². The molecule has 0 atom stereocenters. The quantitative estimate of drug-likeness (QED) is 0.148. The molecule has 0 unspecified atom stereocenters. The maximum atomic E-state index is 2.53. The highest BCUT2D eigenvalue weighted by molar-refractivity contribution is 7.00. The Bertz CT molecular complexity index is 3230. The monoisotopic (exact) mass is 842 g/mol. The third kappa shape index (κ3) is 6.58. The summed E-state index contributed by atoms with van der Waals surface area (Å²) in [6.07, 6.45) is 0. The van der Waals surface area contributed by atoms with E-state index in [1.54, 1.807) is 0 Å². The summed E-state index contributed by atoms with van der Waals surface area (Å²) >= 11 is 0. The Hall–Kier alpha value is -8.14. The minimum absolute atomic E-state index is 0.0816. The fourth-order valence-electron chi connectivity index (χ4n) is 11.0. The van der Waals surface area contributed by atoms with Gasteiger partial charge in [-0.1, -0.05) is 188 Å². The molecular formula is C63H47BN2. The number of hydrogen-bond acceptors (Lipinski definition) is 2. The molecule has 10 aromatic carbocycles. The van der Waals surface area contributed by atoms with Gasteiger partial charge in [0.2, 0.25) is 0 Å². The lowest BCUT2D eigenvalue weighted by Gasteiger charge is -2.45. The Balaban J connectivity index is 1.19. The molecule has 2 aliphatic heterocycles. The second-order valence-electron chi connectivity index (χ2n) is 17.8. The molecule has 0 saturated heterocycles. The van der Waals surface area contributed by atoms with Crippen LogP contribution in [0.15, 0.2) is 231 Å². The highest BCUT2D eigenvalue weighted by atomic mass is 15.2. The van der Waals surface area contributed by atoms with E-state index in [0.29, 0.717) is 0 Å². The second kappa shape index (κ2) is 16.1. The van der Waals surface area contributed by atoms with Crippen molar-refractivity contribution in [3.63, 3.8) is 0 Å². The van der Waals surface area contributed by atoms with Crippen molar-refractivity contribution in [1.29, 1.82) is 0 Å². The number of nitrogens with zero attached hydrogens (tertiary/aromatic N) is 2. The van der Waals surface area contributed by atoms with E-state index in [2.05, 4.69) is 261 Å². The topological polar surface area (TPSA) is 6.48 Å². The Morgan fingerprint density at radius 2 is 0.667 bits per heavy atom. The molecule has 2 aliphatic rings. The first kappa shape index (κ1) is 39.5. The molecule has 2 heterocycles. The molecule has 0 N–H and O–H groups in total. The van der Waals surface area contributed by atoms with Crippen LogP contribution in [-0.4, -0.2) is 6.71 Å². The molecular weight excluding hydrogens is 796 g/mol. The molecule has 0 amide bonds. The van der Waals surface area contributed by atoms with Crippen molar-refractivity contribution in [2.24, 2.45) is 0 Å². The fraction of sp³-hybridized carbons (Fsp3) is 0.0476. The number of anilines is 6. The highest BCUT2D eigenvalue weighted by Crippen LogP contribution is 2.48. The molecule has 3 heteroatoms. The van der Waals surface area contributed by atoms with Gasteiger partial charge in [0.05, 0.1) is 0 Å². The Morgan fingerprint density at radius 1 is 0.303 bits per heavy atom. The first-order chi connectivity index (χ1) is 32.5. The molecule has 0 fully saturated rings. The molecule has 0 aliphatic carbocycles. The molecule has 66 heavy (non-hydrogen) atoms. The summed E-state index contributed by atoms with van der Waals surface area (Å²) in [4.78, 5) is 5.06. The summed E-state index contributed by atoms with van der Waals surface area (Å²) in [6.45, 7) is 6.65. The van der Waals surface area contributed by atoms with Crippen LogP contribution in [0.4, 0.5) is 34.1 Å². The van der Waals surface area contributed by atoms with Crippen molar-refractivity contribution < 1.29 is 0 Å². The van der Waals surface area contributed by atoms with Gasteiger partial charge in [0, 0.05) is 34.1 Å². The molecule has 10 aromatic rings. The van der Waals surface area contributed by atoms with Crippen molar-refractivity contribution in [3.8, 4) is 55.6 Å². The van der Waals surface area contributed by atoms with Crippen molar-refractivity contribution in [1.82, 2.24) is 0 Å². The first-order valence-electron chi connectivity index (χ1n) is 23.0. The van der Waals surface area contributed by atoms with Crippen LogP contribution in [0.5, 0.6) is 0 Å². The average molecular weight is 843 g/mol. The van der Waals surface area contributed by atoms with E-state index in [0.717, 1.165) is 11.4 Å². The van der Waals surface area contributed by atoms with E-state index in [1.165, 1.54) is 111 Å². The summed E-state index contributed by atoms with van der Waals surface area (Å²) in [5, 5.41) is 0. The Morgan fingerprint density at radius 3 is 1.08 bits per heavy atom. The zero-order valence-electron chi connectivity index (χ0n) is 37.4. The summed E-state index contributed by atoms with van der Waals surface area (Å²) in [5.41, 5.74) is 27.0. The number of benzene rings is 10. The largest absolute Gasteiger partial charge is 0.311 e. The van der Waals surface area contributed by atoms with E-state index >= 15 is 0 Å². The van der Waals surface area contributed by atoms with Gasteiger partial charge >= 0.3 is 0 Å². The van der Waals surface area contributed by atoms with Gasteiger partial charge in [-0.15, -0.1) is 0 Å². The molecule has 0 bridgehead atoms. The zero-order valence-corrected chi connectivity index (χ0v) is 37.4. The van der Waals surface area contributed by atoms with Gasteiger partial charge in [0.25, 0.3) is 6.71 Å². The average Bonchev–Trinajstić information content (AvgIpc) is 3.36. The first-order valence-corrected chi connectivity index (χ1v) is 23.0. The molecule has 0 aromatic heterocycles. The number of aryl methyl sites for hydroxylation is 3. The van der Waals surface area contributed by atoms with E-state index < -0.39 is 0 Å². The maximum absolute atomic E-state index is 2.53. The molecule has 0 radical (unpaired) electrons. The van der Waals surface area contributed by atoms with E-state index in [4.69, 9.17) is 0 Å². The Kier molecular flexibility index (Phi) is 9.65. The number of rotatable bonds is 7. The van der Waals surface area contributed by atoms with Crippen LogP contribution in [0.25, 0.3) is 55.6 Å². The van der Waals surface area contributed by atoms with Crippen LogP contribution < -0.4 is 26.2 Å². The molecule has 312 valence electrons. The lowest BCUT2D eigenvalue weighted by atomic mass is 9.33. The fourth-order valence-corrected chi connectivity index (χ4v) is 11.0. The smallest absolute Gasteiger partial charge is 0.252 e. The zero-order chi connectivity index (χ0) is 44.3. The minimum atomic E-state index is -0.0816. The van der Waals surface area contributed by atoms with Gasteiger partial charge in [-0.05, 0) is 152 Å². The highest BCUT2D eigenvalue weighted by Gasteiger charge is 2.44. The number of fused-ring (bicyclic) bond motifs is 4. The summed E-state index contributed by atoms with van der Waals surface area (Å²) in [6, 6.07) is 85.3. The second-order valence-corrected chi connectivity index (χ2v) is 17.8. The van der Waals surface area contributed by atoms with Gasteiger partial charge in [0.15, 0.2) is 0 Å². The van der Waals surface area contributed by atoms with E-state index in [9.17, 15) is 0 Å². The van der Waals surface area contributed by atoms with Crippen LogP contribution in [0.1, 0.15) is 16.7 Å². The molecule has 2 nitrogen and oxygen atoms in total. The summed E-state index contributed by atoms with van der Waals surface area (Å²) in [5.74, 6) is 0. The minimum Gasteiger partial charge on any atom is -0.311 e. The van der Waals surface area contributed by atoms with Crippen molar-refractivity contribution in [2.75, 3.05) is 9.80 Å². The van der Waals surface area contributed by atoms with Gasteiger partial charge in [-0.25, -0.2) is 0 Å². The predicted octanol–water partition coefficient (Wildman–Crippen LogP) is 15.0. The maximum Gasteiger partial charge on any atom is 0.252 e. The number of hydrogen-bond donors (Lipinski definition) is 0. The van der Waals surface area contributed by atoms with Gasteiger partial charge < -0.3 is 9.80 Å². The van der Waals surface area contributed by atoms with Gasteiger partial charge in [-0.3, -0.25) is 0 Å². The standard InChI is InChI=1S/C63H47BN2/c1-42-36-43(2)62(44(3)37-42)49-40-60-63-61(41-49)66(51-26-14-7-15-27-51)59-35-33-48(55-31-19-17-29-53(55)46-22-10-5-11-23-46)39-57(59)64(63)56-38-47(32-34-58(56)65(60)50-24-12-6-13-25-50)54-30-18-16-28-52(54)45-20-8-4-9-21-45/h4-41H,1-3H3. The lowest BCUT2D eigenvalue weighted by molar-refractivity contribution is 1.25.